The molecule has 1 saturated heterocycles. The number of aryl methyl sites for hydroxylation is 1. The number of ether oxygens (including phenoxy) is 1. The highest BCUT2D eigenvalue weighted by Gasteiger charge is 2.29. The van der Waals surface area contributed by atoms with Crippen LogP contribution in [0.4, 0.5) is 5.82 Å². The van der Waals surface area contributed by atoms with Gasteiger partial charge in [0.15, 0.2) is 0 Å². The van der Waals surface area contributed by atoms with Crippen molar-refractivity contribution < 1.29 is 9.84 Å². The van der Waals surface area contributed by atoms with Crippen molar-refractivity contribution in [2.45, 2.75) is 32.5 Å². The Bertz CT molecular complexity index is 636. The van der Waals surface area contributed by atoms with E-state index in [1.807, 2.05) is 30.3 Å². The first-order chi connectivity index (χ1) is 10.7. The Kier molecular flexibility index (Phi) is 4.29. The van der Waals surface area contributed by atoms with Gasteiger partial charge in [0.05, 0.1) is 24.9 Å². The molecule has 0 aliphatic carbocycles. The zero-order valence-corrected chi connectivity index (χ0v) is 13.1. The molecular weight excluding hydrogens is 276 g/mol. The summed E-state index contributed by atoms with van der Waals surface area (Å²) in [7, 11) is 0. The monoisotopic (exact) mass is 298 g/mol. The molecule has 1 atom stereocenters. The maximum atomic E-state index is 9.61. The predicted octanol–water partition coefficient (Wildman–Crippen LogP) is 2.96. The summed E-state index contributed by atoms with van der Waals surface area (Å²) in [5.41, 5.74) is 2.00. The second kappa shape index (κ2) is 6.36. The van der Waals surface area contributed by atoms with Gasteiger partial charge in [-0.25, -0.2) is 4.98 Å². The van der Waals surface area contributed by atoms with E-state index in [0.717, 1.165) is 31.1 Å². The topological polar surface area (TPSA) is 45.6 Å². The molecule has 2 heterocycles. The summed E-state index contributed by atoms with van der Waals surface area (Å²) < 4.78 is 6.00. The van der Waals surface area contributed by atoms with Crippen LogP contribution in [0.1, 0.15) is 31.2 Å². The minimum Gasteiger partial charge on any atom is -0.487 e. The first-order valence-electron chi connectivity index (χ1n) is 7.81. The lowest BCUT2D eigenvalue weighted by atomic mass is 10.1. The number of aliphatic hydroxyl groups is 1. The highest BCUT2D eigenvalue weighted by molar-refractivity contribution is 5.43. The summed E-state index contributed by atoms with van der Waals surface area (Å²) >= 11 is 0. The molecule has 0 radical (unpaired) electrons. The molecule has 0 bridgehead atoms. The lowest BCUT2D eigenvalue weighted by Gasteiger charge is -2.40. The molecule has 1 aliphatic heterocycles. The Morgan fingerprint density at radius 1 is 1.27 bits per heavy atom. The van der Waals surface area contributed by atoms with Gasteiger partial charge < -0.3 is 14.7 Å². The van der Waals surface area contributed by atoms with Gasteiger partial charge in [0.25, 0.3) is 0 Å². The summed E-state index contributed by atoms with van der Waals surface area (Å²) in [5, 5.41) is 9.61. The predicted molar refractivity (Wildman–Crippen MR) is 87.3 cm³/mol. The van der Waals surface area contributed by atoms with Crippen LogP contribution >= 0.6 is 0 Å². The Hall–Kier alpha value is -2.07. The third-order valence-electron chi connectivity index (χ3n) is 3.97. The zero-order chi connectivity index (χ0) is 15.5. The van der Waals surface area contributed by atoms with E-state index in [9.17, 15) is 5.11 Å². The number of rotatable bonds is 5. The normalized spacial score (nSPS) is 16.2. The number of pyridine rings is 1. The minimum absolute atomic E-state index is 0.198. The van der Waals surface area contributed by atoms with Gasteiger partial charge in [-0.3, -0.25) is 0 Å². The maximum absolute atomic E-state index is 9.61. The van der Waals surface area contributed by atoms with E-state index in [0.29, 0.717) is 5.69 Å². The van der Waals surface area contributed by atoms with Gasteiger partial charge in [0.2, 0.25) is 0 Å². The van der Waals surface area contributed by atoms with E-state index >= 15 is 0 Å². The average Bonchev–Trinajstić information content (AvgIpc) is 2.50. The van der Waals surface area contributed by atoms with Crippen LogP contribution in [0.5, 0.6) is 5.75 Å². The Labute approximate surface area is 131 Å². The third-order valence-corrected chi connectivity index (χ3v) is 3.97. The molecule has 4 nitrogen and oxygen atoms in total. The van der Waals surface area contributed by atoms with E-state index in [1.165, 1.54) is 5.56 Å². The van der Waals surface area contributed by atoms with Crippen LogP contribution in [0.3, 0.4) is 0 Å². The first-order valence-corrected chi connectivity index (χ1v) is 7.81. The Morgan fingerprint density at radius 3 is 2.77 bits per heavy atom. The molecule has 0 spiro atoms. The molecule has 1 N–H and O–H groups in total. The van der Waals surface area contributed by atoms with Crippen LogP contribution in [0, 0.1) is 0 Å². The maximum Gasteiger partial charge on any atom is 0.134 e. The van der Waals surface area contributed by atoms with Gasteiger partial charge in [0, 0.05) is 0 Å². The summed E-state index contributed by atoms with van der Waals surface area (Å²) in [4.78, 5) is 6.65. The molecule has 4 heteroatoms. The molecule has 3 rings (SSSR count). The fourth-order valence-electron chi connectivity index (χ4n) is 2.58. The van der Waals surface area contributed by atoms with Crippen molar-refractivity contribution in [1.82, 2.24) is 4.98 Å². The Balaban J connectivity index is 1.58. The Morgan fingerprint density at radius 2 is 2.05 bits per heavy atom. The number of hydrogen-bond acceptors (Lipinski definition) is 4. The highest BCUT2D eigenvalue weighted by atomic mass is 16.5. The van der Waals surface area contributed by atoms with E-state index in [2.05, 4.69) is 28.9 Å². The first kappa shape index (κ1) is 14.9. The van der Waals surface area contributed by atoms with Crippen LogP contribution < -0.4 is 9.64 Å². The fourth-order valence-corrected chi connectivity index (χ4v) is 2.58. The van der Waals surface area contributed by atoms with Gasteiger partial charge in [-0.2, -0.15) is 0 Å². The summed E-state index contributed by atoms with van der Waals surface area (Å²) in [6.45, 7) is 5.53. The molecule has 0 unspecified atom stereocenters. The fraction of sp³-hybridized carbons (Fsp3) is 0.389. The van der Waals surface area contributed by atoms with Crippen molar-refractivity contribution in [1.29, 1.82) is 0 Å². The highest BCUT2D eigenvalue weighted by Crippen LogP contribution is 2.24. The molecule has 1 fully saturated rings. The largest absolute Gasteiger partial charge is 0.487 e. The smallest absolute Gasteiger partial charge is 0.134 e. The van der Waals surface area contributed by atoms with Gasteiger partial charge >= 0.3 is 0 Å². The average molecular weight is 298 g/mol. The summed E-state index contributed by atoms with van der Waals surface area (Å²) in [6.07, 6.45) is 0.679. The van der Waals surface area contributed by atoms with E-state index in [4.69, 9.17) is 4.74 Å². The second-order valence-electron chi connectivity index (χ2n) is 5.74. The summed E-state index contributed by atoms with van der Waals surface area (Å²) in [5.74, 6) is 1.84. The molecule has 0 amide bonds. The van der Waals surface area contributed by atoms with Crippen molar-refractivity contribution >= 4 is 5.82 Å². The van der Waals surface area contributed by atoms with Crippen molar-refractivity contribution in [3.05, 3.63) is 53.7 Å². The SMILES string of the molecule is CCc1cccc(OC2CN(c3cccc([C@H](C)O)n3)C2)c1. The van der Waals surface area contributed by atoms with Crippen LogP contribution in [0.2, 0.25) is 0 Å². The molecule has 1 aliphatic rings. The molecular formula is C18H22N2O2. The zero-order valence-electron chi connectivity index (χ0n) is 13.1. The standard InChI is InChI=1S/C18H22N2O2/c1-3-14-6-4-7-15(10-14)22-16-11-20(12-16)18-9-5-8-17(19-18)13(2)21/h4-10,13,16,21H,3,11-12H2,1-2H3/t13-/m0/s1. The van der Waals surface area contributed by atoms with Crippen molar-refractivity contribution in [3.63, 3.8) is 0 Å². The van der Waals surface area contributed by atoms with Crippen LogP contribution in [0.15, 0.2) is 42.5 Å². The quantitative estimate of drug-likeness (QED) is 0.922. The number of aromatic nitrogens is 1. The second-order valence-corrected chi connectivity index (χ2v) is 5.74. The van der Waals surface area contributed by atoms with E-state index in [1.54, 1.807) is 6.92 Å². The number of aliphatic hydroxyl groups excluding tert-OH is 1. The molecule has 22 heavy (non-hydrogen) atoms. The van der Waals surface area contributed by atoms with Gasteiger partial charge in [-0.15, -0.1) is 0 Å². The molecule has 0 saturated carbocycles. The lowest BCUT2D eigenvalue weighted by Crippen LogP contribution is -2.54. The third kappa shape index (κ3) is 3.22. The lowest BCUT2D eigenvalue weighted by molar-refractivity contribution is 0.166. The van der Waals surface area contributed by atoms with Crippen LogP contribution in [-0.4, -0.2) is 29.3 Å². The molecule has 2 aromatic rings. The van der Waals surface area contributed by atoms with Crippen molar-refractivity contribution in [2.24, 2.45) is 0 Å². The number of benzene rings is 1. The van der Waals surface area contributed by atoms with Gasteiger partial charge in [0.1, 0.15) is 17.7 Å². The molecule has 1 aromatic carbocycles. The summed E-state index contributed by atoms with van der Waals surface area (Å²) in [6, 6.07) is 14.0. The number of nitrogens with zero attached hydrogens (tertiary/aromatic N) is 2. The number of anilines is 1. The van der Waals surface area contributed by atoms with E-state index in [-0.39, 0.29) is 6.10 Å². The van der Waals surface area contributed by atoms with Crippen molar-refractivity contribution in [2.75, 3.05) is 18.0 Å². The van der Waals surface area contributed by atoms with Gasteiger partial charge in [-0.1, -0.05) is 25.1 Å². The molecule has 1 aromatic heterocycles. The van der Waals surface area contributed by atoms with Gasteiger partial charge in [-0.05, 0) is 43.2 Å². The minimum atomic E-state index is -0.537. The van der Waals surface area contributed by atoms with Crippen LogP contribution in [-0.2, 0) is 6.42 Å². The van der Waals surface area contributed by atoms with Crippen molar-refractivity contribution in [3.8, 4) is 5.75 Å². The van der Waals surface area contributed by atoms with Crippen LogP contribution in [0.25, 0.3) is 0 Å². The van der Waals surface area contributed by atoms with E-state index < -0.39 is 6.10 Å². The number of hydrogen-bond donors (Lipinski definition) is 1. The molecule has 116 valence electrons.